The smallest absolute Gasteiger partial charge is 0.240 e. The third kappa shape index (κ3) is 4.19. The Bertz CT molecular complexity index is 650. The van der Waals surface area contributed by atoms with E-state index in [1.807, 2.05) is 0 Å². The van der Waals surface area contributed by atoms with Gasteiger partial charge in [-0.3, -0.25) is 4.90 Å². The van der Waals surface area contributed by atoms with E-state index in [9.17, 15) is 12.8 Å². The lowest BCUT2D eigenvalue weighted by Crippen LogP contribution is -2.47. The summed E-state index contributed by atoms with van der Waals surface area (Å²) in [5.74, 6) is -0.433. The van der Waals surface area contributed by atoms with Crippen LogP contribution in [-0.2, 0) is 10.0 Å². The summed E-state index contributed by atoms with van der Waals surface area (Å²) in [4.78, 5) is 2.56. The molecule has 23 heavy (non-hydrogen) atoms. The summed E-state index contributed by atoms with van der Waals surface area (Å²) in [7, 11) is -3.57. The van der Waals surface area contributed by atoms with E-state index in [0.29, 0.717) is 6.04 Å². The third-order valence-electron chi connectivity index (χ3n) is 4.67. The maximum atomic E-state index is 12.9. The van der Waals surface area contributed by atoms with E-state index in [2.05, 4.69) is 21.8 Å². The van der Waals surface area contributed by atoms with Gasteiger partial charge < -0.3 is 0 Å². The quantitative estimate of drug-likeness (QED) is 0.859. The van der Waals surface area contributed by atoms with Crippen molar-refractivity contribution in [3.63, 3.8) is 0 Å². The van der Waals surface area contributed by atoms with E-state index in [1.54, 1.807) is 0 Å². The van der Waals surface area contributed by atoms with Gasteiger partial charge in [-0.2, -0.15) is 0 Å². The van der Waals surface area contributed by atoms with Crippen molar-refractivity contribution in [2.45, 2.75) is 49.1 Å². The first kappa shape index (κ1) is 16.6. The lowest BCUT2D eigenvalue weighted by molar-refractivity contribution is 0.163. The SMILES string of the molecule is O=S(=O)(NC1CCN([C@H]2C=CCCC2)CC1)c1ccc(F)cc1. The average Bonchev–Trinajstić information content (AvgIpc) is 2.56. The number of halogens is 1. The minimum atomic E-state index is -3.57. The van der Waals surface area contributed by atoms with Crippen LogP contribution in [0.15, 0.2) is 41.3 Å². The van der Waals surface area contributed by atoms with Gasteiger partial charge in [0, 0.05) is 25.2 Å². The fourth-order valence-electron chi connectivity index (χ4n) is 3.35. The minimum absolute atomic E-state index is 0.0473. The fraction of sp³-hybridized carbons (Fsp3) is 0.529. The molecule has 0 unspecified atom stereocenters. The molecule has 6 heteroatoms. The molecule has 3 rings (SSSR count). The number of hydrogen-bond acceptors (Lipinski definition) is 3. The first-order valence-electron chi connectivity index (χ1n) is 8.23. The molecule has 1 fully saturated rings. The summed E-state index contributed by atoms with van der Waals surface area (Å²) in [6.45, 7) is 1.82. The lowest BCUT2D eigenvalue weighted by atomic mass is 9.97. The molecule has 1 heterocycles. The zero-order valence-electron chi connectivity index (χ0n) is 13.1. The molecule has 0 saturated carbocycles. The first-order chi connectivity index (χ1) is 11.0. The van der Waals surface area contributed by atoms with E-state index in [0.717, 1.165) is 25.9 Å². The van der Waals surface area contributed by atoms with Gasteiger partial charge in [0.15, 0.2) is 0 Å². The van der Waals surface area contributed by atoms with Crippen molar-refractivity contribution in [2.24, 2.45) is 0 Å². The summed E-state index contributed by atoms with van der Waals surface area (Å²) >= 11 is 0. The molecule has 1 aliphatic carbocycles. The van der Waals surface area contributed by atoms with Gasteiger partial charge >= 0.3 is 0 Å². The molecule has 0 spiro atoms. The normalized spacial score (nSPS) is 24.0. The van der Waals surface area contributed by atoms with Gasteiger partial charge in [0.2, 0.25) is 10.0 Å². The van der Waals surface area contributed by atoms with Crippen LogP contribution in [0.3, 0.4) is 0 Å². The summed E-state index contributed by atoms with van der Waals surface area (Å²) in [5, 5.41) is 0. The molecule has 0 aromatic heterocycles. The molecule has 126 valence electrons. The molecule has 1 N–H and O–H groups in total. The topological polar surface area (TPSA) is 49.4 Å². The van der Waals surface area contributed by atoms with Crippen LogP contribution >= 0.6 is 0 Å². The molecule has 0 amide bonds. The summed E-state index contributed by atoms with van der Waals surface area (Å²) < 4.78 is 40.4. The second kappa shape index (κ2) is 7.11. The number of rotatable bonds is 4. The van der Waals surface area contributed by atoms with Gasteiger partial charge in [0.1, 0.15) is 5.82 Å². The van der Waals surface area contributed by atoms with Crippen molar-refractivity contribution >= 4 is 10.0 Å². The third-order valence-corrected chi connectivity index (χ3v) is 6.21. The van der Waals surface area contributed by atoms with Gasteiger partial charge in [-0.05, 0) is 56.4 Å². The highest BCUT2D eigenvalue weighted by Gasteiger charge is 2.27. The standard InChI is InChI=1S/C17H23FN2O2S/c18-14-6-8-17(9-7-14)23(21,22)19-15-10-12-20(13-11-15)16-4-2-1-3-5-16/h2,4,6-9,15-16,19H,1,3,5,10-13H2/t16-/m0/s1. The van der Waals surface area contributed by atoms with Crippen LogP contribution in [0.1, 0.15) is 32.1 Å². The molecular weight excluding hydrogens is 315 g/mol. The molecule has 1 aromatic carbocycles. The van der Waals surface area contributed by atoms with E-state index in [-0.39, 0.29) is 10.9 Å². The van der Waals surface area contributed by atoms with Crippen molar-refractivity contribution in [1.82, 2.24) is 9.62 Å². The number of benzene rings is 1. The number of hydrogen-bond donors (Lipinski definition) is 1. The molecule has 1 saturated heterocycles. The van der Waals surface area contributed by atoms with Crippen molar-refractivity contribution in [2.75, 3.05) is 13.1 Å². The van der Waals surface area contributed by atoms with Gasteiger partial charge in [-0.25, -0.2) is 17.5 Å². The van der Waals surface area contributed by atoms with Crippen LogP contribution in [0.25, 0.3) is 0 Å². The molecule has 1 aromatic rings. The van der Waals surface area contributed by atoms with Crippen molar-refractivity contribution in [3.8, 4) is 0 Å². The van der Waals surface area contributed by atoms with Crippen molar-refractivity contribution in [1.29, 1.82) is 0 Å². The van der Waals surface area contributed by atoms with Crippen LogP contribution in [0.4, 0.5) is 4.39 Å². The van der Waals surface area contributed by atoms with Crippen LogP contribution in [-0.4, -0.2) is 38.5 Å². The van der Waals surface area contributed by atoms with Crippen molar-refractivity contribution in [3.05, 3.63) is 42.2 Å². The maximum absolute atomic E-state index is 12.9. The molecule has 1 aliphatic heterocycles. The Morgan fingerprint density at radius 2 is 1.78 bits per heavy atom. The number of likely N-dealkylation sites (tertiary alicyclic amines) is 1. The number of sulfonamides is 1. The second-order valence-corrected chi connectivity index (χ2v) is 8.03. The van der Waals surface area contributed by atoms with E-state index in [1.165, 1.54) is 43.5 Å². The summed E-state index contributed by atoms with van der Waals surface area (Å²) in [5.41, 5.74) is 0. The second-order valence-electron chi connectivity index (χ2n) is 6.31. The largest absolute Gasteiger partial charge is 0.297 e. The molecule has 2 aliphatic rings. The number of piperidine rings is 1. The van der Waals surface area contributed by atoms with E-state index < -0.39 is 15.8 Å². The molecule has 0 bridgehead atoms. The van der Waals surface area contributed by atoms with E-state index in [4.69, 9.17) is 0 Å². The predicted molar refractivity (Wildman–Crippen MR) is 88.1 cm³/mol. The Kier molecular flexibility index (Phi) is 5.14. The predicted octanol–water partition coefficient (Wildman–Crippen LogP) is 2.68. The van der Waals surface area contributed by atoms with Crippen LogP contribution in [0.2, 0.25) is 0 Å². The first-order valence-corrected chi connectivity index (χ1v) is 9.71. The Labute approximate surface area is 137 Å². The Hall–Kier alpha value is -1.24. The van der Waals surface area contributed by atoms with Crippen molar-refractivity contribution < 1.29 is 12.8 Å². The molecule has 4 nitrogen and oxygen atoms in total. The van der Waals surface area contributed by atoms with Gasteiger partial charge in [-0.1, -0.05) is 12.2 Å². The van der Waals surface area contributed by atoms with Crippen LogP contribution < -0.4 is 4.72 Å². The summed E-state index contributed by atoms with van der Waals surface area (Å²) in [6, 6.07) is 5.42. The highest BCUT2D eigenvalue weighted by Crippen LogP contribution is 2.22. The number of nitrogens with one attached hydrogen (secondary N) is 1. The van der Waals surface area contributed by atoms with Gasteiger partial charge in [0.05, 0.1) is 4.90 Å². The highest BCUT2D eigenvalue weighted by molar-refractivity contribution is 7.89. The van der Waals surface area contributed by atoms with Crippen LogP contribution in [0.5, 0.6) is 0 Å². The van der Waals surface area contributed by atoms with E-state index >= 15 is 0 Å². The lowest BCUT2D eigenvalue weighted by Gasteiger charge is -2.37. The number of nitrogens with zero attached hydrogens (tertiary/aromatic N) is 1. The molecule has 0 radical (unpaired) electrons. The Morgan fingerprint density at radius 1 is 1.09 bits per heavy atom. The zero-order chi connectivity index (χ0) is 16.3. The Balaban J connectivity index is 1.56. The fourth-order valence-corrected chi connectivity index (χ4v) is 4.65. The van der Waals surface area contributed by atoms with Crippen LogP contribution in [0, 0.1) is 5.82 Å². The molecule has 1 atom stereocenters. The zero-order valence-corrected chi connectivity index (χ0v) is 13.9. The Morgan fingerprint density at radius 3 is 2.39 bits per heavy atom. The summed E-state index contributed by atoms with van der Waals surface area (Å²) in [6.07, 6.45) is 9.75. The average molecular weight is 338 g/mol. The maximum Gasteiger partial charge on any atom is 0.240 e. The molecular formula is C17H23FN2O2S. The number of allylic oxidation sites excluding steroid dienone is 1. The highest BCUT2D eigenvalue weighted by atomic mass is 32.2. The monoisotopic (exact) mass is 338 g/mol. The van der Waals surface area contributed by atoms with Gasteiger partial charge in [0.25, 0.3) is 0 Å². The van der Waals surface area contributed by atoms with Gasteiger partial charge in [-0.15, -0.1) is 0 Å². The minimum Gasteiger partial charge on any atom is -0.297 e.